The molecule has 1 heterocycles. The first-order chi connectivity index (χ1) is 13.2. The van der Waals surface area contributed by atoms with Crippen LogP contribution in [0.1, 0.15) is 36.0 Å². The highest BCUT2D eigenvalue weighted by Gasteiger charge is 2.22. The van der Waals surface area contributed by atoms with Gasteiger partial charge in [-0.1, -0.05) is 30.3 Å². The lowest BCUT2D eigenvalue weighted by Crippen LogP contribution is -2.22. The van der Waals surface area contributed by atoms with Gasteiger partial charge in [0.1, 0.15) is 0 Å². The number of carbonyl (C=O) groups is 2. The highest BCUT2D eigenvalue weighted by Crippen LogP contribution is 2.23. The summed E-state index contributed by atoms with van der Waals surface area (Å²) < 4.78 is 5.40. The standard InChI is InChI=1S/C22H26N2O3/c1-27-20-14-15-24(16-20)19-12-10-18(11-13-19)23-22(26)9-5-8-21(25)17-6-3-2-4-7-17/h2-4,6-7,10-13,20H,5,8-9,14-16H2,1H3,(H,23,26). The number of hydrogen-bond donors (Lipinski definition) is 1. The van der Waals surface area contributed by atoms with Crippen LogP contribution in [0.25, 0.3) is 0 Å². The van der Waals surface area contributed by atoms with Crippen molar-refractivity contribution in [3.8, 4) is 0 Å². The molecular formula is C22H26N2O3. The zero-order valence-electron chi connectivity index (χ0n) is 15.7. The van der Waals surface area contributed by atoms with Crippen molar-refractivity contribution in [3.05, 3.63) is 60.2 Å². The molecule has 0 bridgehead atoms. The van der Waals surface area contributed by atoms with Gasteiger partial charge in [-0.05, 0) is 37.1 Å². The fourth-order valence-corrected chi connectivity index (χ4v) is 3.31. The SMILES string of the molecule is COC1CCN(c2ccc(NC(=O)CCCC(=O)c3ccccc3)cc2)C1. The minimum absolute atomic E-state index is 0.0655. The molecule has 1 N–H and O–H groups in total. The number of ketones is 1. The predicted octanol–water partition coefficient (Wildman–Crippen LogP) is 3.90. The van der Waals surface area contributed by atoms with Gasteiger partial charge in [0.25, 0.3) is 0 Å². The Kier molecular flexibility index (Phi) is 6.60. The first kappa shape index (κ1) is 19.1. The van der Waals surface area contributed by atoms with Crippen LogP contribution in [0.3, 0.4) is 0 Å². The Balaban J connectivity index is 1.42. The molecule has 5 heteroatoms. The molecule has 0 aliphatic carbocycles. The van der Waals surface area contributed by atoms with Gasteiger partial charge >= 0.3 is 0 Å². The number of benzene rings is 2. The van der Waals surface area contributed by atoms with Crippen LogP contribution in [0.5, 0.6) is 0 Å². The van der Waals surface area contributed by atoms with Crippen LogP contribution < -0.4 is 10.2 Å². The lowest BCUT2D eigenvalue weighted by atomic mass is 10.1. The highest BCUT2D eigenvalue weighted by molar-refractivity contribution is 5.96. The van der Waals surface area contributed by atoms with E-state index in [2.05, 4.69) is 10.2 Å². The van der Waals surface area contributed by atoms with E-state index in [4.69, 9.17) is 4.74 Å². The molecule has 5 nitrogen and oxygen atoms in total. The number of rotatable bonds is 8. The summed E-state index contributed by atoms with van der Waals surface area (Å²) in [5, 5.41) is 2.90. The van der Waals surface area contributed by atoms with Gasteiger partial charge in [0.2, 0.25) is 5.91 Å². The number of amides is 1. The minimum Gasteiger partial charge on any atom is -0.380 e. The largest absolute Gasteiger partial charge is 0.380 e. The van der Waals surface area contributed by atoms with Gasteiger partial charge in [-0.3, -0.25) is 9.59 Å². The number of ether oxygens (including phenoxy) is 1. The number of carbonyl (C=O) groups excluding carboxylic acids is 2. The van der Waals surface area contributed by atoms with Crippen LogP contribution >= 0.6 is 0 Å². The van der Waals surface area contributed by atoms with Crippen LogP contribution in [-0.4, -0.2) is 38.0 Å². The monoisotopic (exact) mass is 366 g/mol. The van der Waals surface area contributed by atoms with Crippen molar-refractivity contribution in [1.82, 2.24) is 0 Å². The van der Waals surface area contributed by atoms with Crippen molar-refractivity contribution in [2.24, 2.45) is 0 Å². The van der Waals surface area contributed by atoms with E-state index in [0.29, 0.717) is 30.9 Å². The topological polar surface area (TPSA) is 58.6 Å². The van der Waals surface area contributed by atoms with Gasteiger partial charge in [0, 0.05) is 50.0 Å². The number of nitrogens with zero attached hydrogens (tertiary/aromatic N) is 1. The second-order valence-corrected chi connectivity index (χ2v) is 6.83. The Morgan fingerprint density at radius 1 is 1.07 bits per heavy atom. The van der Waals surface area contributed by atoms with E-state index in [-0.39, 0.29) is 11.7 Å². The summed E-state index contributed by atoms with van der Waals surface area (Å²) in [6.07, 6.45) is 2.59. The fraction of sp³-hybridized carbons (Fsp3) is 0.364. The van der Waals surface area contributed by atoms with Crippen LogP contribution in [0.4, 0.5) is 11.4 Å². The van der Waals surface area contributed by atoms with Crippen LogP contribution in [0, 0.1) is 0 Å². The molecule has 1 atom stereocenters. The Labute approximate surface area is 160 Å². The van der Waals surface area contributed by atoms with Crippen LogP contribution in [-0.2, 0) is 9.53 Å². The van der Waals surface area contributed by atoms with Gasteiger partial charge in [-0.2, -0.15) is 0 Å². The van der Waals surface area contributed by atoms with E-state index in [9.17, 15) is 9.59 Å². The Morgan fingerprint density at radius 2 is 1.81 bits per heavy atom. The van der Waals surface area contributed by atoms with Gasteiger partial charge < -0.3 is 15.0 Å². The number of nitrogens with one attached hydrogen (secondary N) is 1. The Morgan fingerprint density at radius 3 is 2.48 bits per heavy atom. The lowest BCUT2D eigenvalue weighted by Gasteiger charge is -2.18. The molecule has 3 rings (SSSR count). The van der Waals surface area contributed by atoms with Gasteiger partial charge in [-0.15, -0.1) is 0 Å². The van der Waals surface area contributed by atoms with Crippen molar-refractivity contribution < 1.29 is 14.3 Å². The second-order valence-electron chi connectivity index (χ2n) is 6.83. The Hall–Kier alpha value is -2.66. The molecular weight excluding hydrogens is 340 g/mol. The fourth-order valence-electron chi connectivity index (χ4n) is 3.31. The molecule has 1 amide bonds. The number of anilines is 2. The third kappa shape index (κ3) is 5.41. The molecule has 2 aromatic rings. The highest BCUT2D eigenvalue weighted by atomic mass is 16.5. The Bertz CT molecular complexity index is 759. The molecule has 1 saturated heterocycles. The second kappa shape index (κ2) is 9.33. The van der Waals surface area contributed by atoms with Gasteiger partial charge in [-0.25, -0.2) is 0 Å². The number of hydrogen-bond acceptors (Lipinski definition) is 4. The molecule has 0 saturated carbocycles. The molecule has 1 aliphatic heterocycles. The normalized spacial score (nSPS) is 16.3. The molecule has 0 aromatic heterocycles. The van der Waals surface area contributed by atoms with Crippen LogP contribution in [0.2, 0.25) is 0 Å². The van der Waals surface area contributed by atoms with Gasteiger partial charge in [0.15, 0.2) is 5.78 Å². The van der Waals surface area contributed by atoms with Crippen molar-refractivity contribution in [3.63, 3.8) is 0 Å². The zero-order chi connectivity index (χ0) is 19.1. The average molecular weight is 366 g/mol. The summed E-state index contributed by atoms with van der Waals surface area (Å²) in [6.45, 7) is 1.89. The van der Waals surface area contributed by atoms with E-state index >= 15 is 0 Å². The third-order valence-electron chi connectivity index (χ3n) is 4.90. The quantitative estimate of drug-likeness (QED) is 0.720. The van der Waals surface area contributed by atoms with E-state index in [1.165, 1.54) is 0 Å². The van der Waals surface area contributed by atoms with Gasteiger partial charge in [0.05, 0.1) is 6.10 Å². The first-order valence-electron chi connectivity index (χ1n) is 9.41. The third-order valence-corrected chi connectivity index (χ3v) is 4.90. The van der Waals surface area contributed by atoms with Crippen LogP contribution in [0.15, 0.2) is 54.6 Å². The minimum atomic E-state index is -0.0655. The molecule has 0 spiro atoms. The van der Waals surface area contributed by atoms with E-state index < -0.39 is 0 Å². The maximum Gasteiger partial charge on any atom is 0.224 e. The molecule has 1 unspecified atom stereocenters. The van der Waals surface area contributed by atoms with Crippen molar-refractivity contribution >= 4 is 23.1 Å². The van der Waals surface area contributed by atoms with Crippen molar-refractivity contribution in [1.29, 1.82) is 0 Å². The summed E-state index contributed by atoms with van der Waals surface area (Å²) in [5.74, 6) is 0.0111. The summed E-state index contributed by atoms with van der Waals surface area (Å²) in [5.41, 5.74) is 2.62. The summed E-state index contributed by atoms with van der Waals surface area (Å²) in [4.78, 5) is 26.4. The van der Waals surface area contributed by atoms with Crippen molar-refractivity contribution in [2.75, 3.05) is 30.4 Å². The molecule has 27 heavy (non-hydrogen) atoms. The van der Waals surface area contributed by atoms with E-state index in [1.807, 2.05) is 42.5 Å². The van der Waals surface area contributed by atoms with E-state index in [1.54, 1.807) is 19.2 Å². The summed E-state index contributed by atoms with van der Waals surface area (Å²) >= 11 is 0. The molecule has 1 aliphatic rings. The molecule has 2 aromatic carbocycles. The average Bonchev–Trinajstić information content (AvgIpc) is 3.18. The lowest BCUT2D eigenvalue weighted by molar-refractivity contribution is -0.116. The maximum absolute atomic E-state index is 12.1. The smallest absolute Gasteiger partial charge is 0.224 e. The molecule has 1 fully saturated rings. The maximum atomic E-state index is 12.1. The predicted molar refractivity (Wildman–Crippen MR) is 107 cm³/mol. The first-order valence-corrected chi connectivity index (χ1v) is 9.41. The number of Topliss-reactive ketones (excluding diaryl/α,β-unsaturated/α-hetero) is 1. The number of methoxy groups -OCH3 is 1. The zero-order valence-corrected chi connectivity index (χ0v) is 15.7. The molecule has 142 valence electrons. The molecule has 0 radical (unpaired) electrons. The van der Waals surface area contributed by atoms with E-state index in [0.717, 1.165) is 30.9 Å². The summed E-state index contributed by atoms with van der Waals surface area (Å²) in [6, 6.07) is 17.1. The van der Waals surface area contributed by atoms with Crippen molar-refractivity contribution in [2.45, 2.75) is 31.8 Å². The summed E-state index contributed by atoms with van der Waals surface area (Å²) in [7, 11) is 1.75.